The third-order valence-electron chi connectivity index (χ3n) is 4.41. The van der Waals surface area contributed by atoms with Gasteiger partial charge in [0.15, 0.2) is 0 Å². The molecule has 0 saturated carbocycles. The summed E-state index contributed by atoms with van der Waals surface area (Å²) in [7, 11) is 1.56. The molecule has 0 fully saturated rings. The second kappa shape index (κ2) is 9.16. The molecular formula is C20H24N2O6. The van der Waals surface area contributed by atoms with E-state index >= 15 is 0 Å². The van der Waals surface area contributed by atoms with Gasteiger partial charge in [-0.25, -0.2) is 9.59 Å². The number of carbonyl (C=O) groups is 3. The highest BCUT2D eigenvalue weighted by atomic mass is 16.6. The standard InChI is InChI=1S/C20H24N2O6/c1-12-10-19(25)28-17-11-14(6-7-15(12)17)27-20(26)22(3)8-4-5-16(23)13(2)9-18(21)24/h6-7,10-11,13H,4-5,8-9H2,1-3H3,(H2,21,24)/t13-/m1/s1. The van der Waals surface area contributed by atoms with Gasteiger partial charge in [-0.05, 0) is 31.0 Å². The third kappa shape index (κ3) is 5.67. The maximum absolute atomic E-state index is 12.2. The number of Topliss-reactive ketones (excluding diaryl/α,β-unsaturated/α-hetero) is 1. The van der Waals surface area contributed by atoms with Crippen molar-refractivity contribution in [3.05, 3.63) is 40.2 Å². The fraction of sp³-hybridized carbons (Fsp3) is 0.400. The third-order valence-corrected chi connectivity index (χ3v) is 4.41. The smallest absolute Gasteiger partial charge is 0.414 e. The zero-order chi connectivity index (χ0) is 20.8. The molecule has 0 unspecified atom stereocenters. The van der Waals surface area contributed by atoms with Crippen LogP contribution in [0.4, 0.5) is 4.79 Å². The van der Waals surface area contributed by atoms with Crippen molar-refractivity contribution < 1.29 is 23.5 Å². The van der Waals surface area contributed by atoms with E-state index in [9.17, 15) is 19.2 Å². The Morgan fingerprint density at radius 3 is 2.64 bits per heavy atom. The summed E-state index contributed by atoms with van der Waals surface area (Å²) in [5, 5.41) is 0.761. The van der Waals surface area contributed by atoms with E-state index < -0.39 is 23.5 Å². The van der Waals surface area contributed by atoms with Crippen LogP contribution in [0.1, 0.15) is 31.7 Å². The molecule has 28 heavy (non-hydrogen) atoms. The van der Waals surface area contributed by atoms with Crippen molar-refractivity contribution in [3.63, 3.8) is 0 Å². The number of carbonyl (C=O) groups excluding carboxylic acids is 3. The van der Waals surface area contributed by atoms with Crippen LogP contribution in [0.5, 0.6) is 5.75 Å². The van der Waals surface area contributed by atoms with Crippen LogP contribution in [0.15, 0.2) is 33.5 Å². The second-order valence-electron chi connectivity index (χ2n) is 6.84. The number of aryl methyl sites for hydroxylation is 1. The van der Waals surface area contributed by atoms with Gasteiger partial charge in [-0.3, -0.25) is 9.59 Å². The van der Waals surface area contributed by atoms with Crippen LogP contribution < -0.4 is 16.1 Å². The lowest BCUT2D eigenvalue weighted by Crippen LogP contribution is -2.31. The summed E-state index contributed by atoms with van der Waals surface area (Å²) in [6, 6.07) is 6.23. The second-order valence-corrected chi connectivity index (χ2v) is 6.84. The molecule has 0 saturated heterocycles. The van der Waals surface area contributed by atoms with Gasteiger partial charge in [-0.2, -0.15) is 0 Å². The molecule has 1 heterocycles. The van der Waals surface area contributed by atoms with Crippen molar-refractivity contribution in [1.82, 2.24) is 4.90 Å². The Bertz CT molecular complexity index is 949. The minimum Gasteiger partial charge on any atom is -0.423 e. The number of nitrogens with zero attached hydrogens (tertiary/aromatic N) is 1. The molecule has 0 bridgehead atoms. The molecular weight excluding hydrogens is 364 g/mol. The molecule has 0 aliphatic heterocycles. The Kier molecular flexibility index (Phi) is 6.92. The van der Waals surface area contributed by atoms with Gasteiger partial charge in [0.25, 0.3) is 0 Å². The molecule has 2 N–H and O–H groups in total. The van der Waals surface area contributed by atoms with E-state index in [-0.39, 0.29) is 24.4 Å². The van der Waals surface area contributed by atoms with E-state index in [1.165, 1.54) is 17.0 Å². The van der Waals surface area contributed by atoms with Crippen LogP contribution in [0.25, 0.3) is 11.0 Å². The first kappa shape index (κ1) is 21.1. The lowest BCUT2D eigenvalue weighted by atomic mass is 9.98. The minimum atomic E-state index is -0.591. The molecule has 1 aromatic heterocycles. The highest BCUT2D eigenvalue weighted by Crippen LogP contribution is 2.22. The molecule has 0 aliphatic carbocycles. The van der Waals surface area contributed by atoms with Crippen LogP contribution in [0.2, 0.25) is 0 Å². The van der Waals surface area contributed by atoms with Gasteiger partial charge in [-0.1, -0.05) is 6.92 Å². The summed E-state index contributed by atoms with van der Waals surface area (Å²) in [4.78, 5) is 47.8. The van der Waals surface area contributed by atoms with Crippen molar-refractivity contribution >= 4 is 28.8 Å². The SMILES string of the molecule is Cc1cc(=O)oc2cc(OC(=O)N(C)CCCC(=O)[C@H](C)CC(N)=O)ccc12. The number of ether oxygens (including phenoxy) is 1. The summed E-state index contributed by atoms with van der Waals surface area (Å²) >= 11 is 0. The van der Waals surface area contributed by atoms with Crippen molar-refractivity contribution in [2.75, 3.05) is 13.6 Å². The van der Waals surface area contributed by atoms with Crippen molar-refractivity contribution in [2.24, 2.45) is 11.7 Å². The number of rotatable bonds is 8. The van der Waals surface area contributed by atoms with Crippen LogP contribution in [0.3, 0.4) is 0 Å². The van der Waals surface area contributed by atoms with Gasteiger partial charge < -0.3 is 19.8 Å². The maximum Gasteiger partial charge on any atom is 0.414 e. The lowest BCUT2D eigenvalue weighted by molar-refractivity contribution is -0.127. The number of benzene rings is 1. The van der Waals surface area contributed by atoms with E-state index in [1.54, 1.807) is 33.0 Å². The van der Waals surface area contributed by atoms with Crippen molar-refractivity contribution in [2.45, 2.75) is 33.1 Å². The van der Waals surface area contributed by atoms with Gasteiger partial charge in [-0.15, -0.1) is 0 Å². The molecule has 2 aromatic rings. The fourth-order valence-electron chi connectivity index (χ4n) is 2.79. The monoisotopic (exact) mass is 388 g/mol. The summed E-state index contributed by atoms with van der Waals surface area (Å²) in [5.41, 5.74) is 5.73. The van der Waals surface area contributed by atoms with Gasteiger partial charge in [0, 0.05) is 49.9 Å². The highest BCUT2D eigenvalue weighted by Gasteiger charge is 2.17. The first-order valence-electron chi connectivity index (χ1n) is 8.96. The number of fused-ring (bicyclic) bond motifs is 1. The van der Waals surface area contributed by atoms with Gasteiger partial charge >= 0.3 is 11.7 Å². The average molecular weight is 388 g/mol. The van der Waals surface area contributed by atoms with Crippen LogP contribution in [-0.4, -0.2) is 36.3 Å². The molecule has 1 atom stereocenters. The topological polar surface area (TPSA) is 120 Å². The molecule has 0 radical (unpaired) electrons. The normalized spacial score (nSPS) is 11.8. The number of primary amides is 1. The average Bonchev–Trinajstić information content (AvgIpc) is 2.60. The van der Waals surface area contributed by atoms with E-state index in [4.69, 9.17) is 14.9 Å². The number of hydrogen-bond donors (Lipinski definition) is 1. The Morgan fingerprint density at radius 1 is 1.25 bits per heavy atom. The molecule has 2 amide bonds. The first-order chi connectivity index (χ1) is 13.2. The van der Waals surface area contributed by atoms with E-state index in [0.717, 1.165) is 10.9 Å². The zero-order valence-corrected chi connectivity index (χ0v) is 16.2. The largest absolute Gasteiger partial charge is 0.423 e. The summed E-state index contributed by atoms with van der Waals surface area (Å²) in [6.07, 6.45) is 0.118. The molecule has 0 spiro atoms. The van der Waals surface area contributed by atoms with Gasteiger partial charge in [0.2, 0.25) is 5.91 Å². The van der Waals surface area contributed by atoms with Crippen LogP contribution in [0, 0.1) is 12.8 Å². The Hall–Kier alpha value is -3.16. The number of amides is 2. The minimum absolute atomic E-state index is 0.0221. The van der Waals surface area contributed by atoms with E-state index in [2.05, 4.69) is 0 Å². The zero-order valence-electron chi connectivity index (χ0n) is 16.2. The van der Waals surface area contributed by atoms with Crippen molar-refractivity contribution in [3.8, 4) is 5.75 Å². The predicted octanol–water partition coefficient (Wildman–Crippen LogP) is 2.39. The molecule has 2 rings (SSSR count). The van der Waals surface area contributed by atoms with Gasteiger partial charge in [0.05, 0.1) is 0 Å². The molecule has 8 nitrogen and oxygen atoms in total. The predicted molar refractivity (Wildman–Crippen MR) is 103 cm³/mol. The molecule has 150 valence electrons. The Balaban J connectivity index is 1.90. The number of hydrogen-bond acceptors (Lipinski definition) is 6. The molecule has 8 heteroatoms. The fourth-order valence-corrected chi connectivity index (χ4v) is 2.79. The molecule has 0 aliphatic rings. The van der Waals surface area contributed by atoms with E-state index in [0.29, 0.717) is 18.5 Å². The summed E-state index contributed by atoms with van der Waals surface area (Å²) < 4.78 is 10.4. The quantitative estimate of drug-likeness (QED) is 0.693. The summed E-state index contributed by atoms with van der Waals surface area (Å²) in [6.45, 7) is 3.77. The summed E-state index contributed by atoms with van der Waals surface area (Å²) in [5.74, 6) is -0.752. The van der Waals surface area contributed by atoms with E-state index in [1.807, 2.05) is 0 Å². The van der Waals surface area contributed by atoms with Crippen LogP contribution >= 0.6 is 0 Å². The van der Waals surface area contributed by atoms with Crippen molar-refractivity contribution in [1.29, 1.82) is 0 Å². The molecule has 1 aromatic carbocycles. The number of nitrogens with two attached hydrogens (primary N) is 1. The maximum atomic E-state index is 12.2. The van der Waals surface area contributed by atoms with Gasteiger partial charge in [0.1, 0.15) is 17.1 Å². The Labute approximate surface area is 162 Å². The van der Waals surface area contributed by atoms with Crippen LogP contribution in [-0.2, 0) is 9.59 Å². The lowest BCUT2D eigenvalue weighted by Gasteiger charge is -2.17. The highest BCUT2D eigenvalue weighted by molar-refractivity contribution is 5.86. The first-order valence-corrected chi connectivity index (χ1v) is 8.96. The number of ketones is 1. The Morgan fingerprint density at radius 2 is 1.96 bits per heavy atom.